The van der Waals surface area contributed by atoms with Crippen molar-refractivity contribution in [3.8, 4) is 0 Å². The lowest BCUT2D eigenvalue weighted by atomic mass is 10.1. The minimum Gasteiger partial charge on any atom is -0.355 e. The monoisotopic (exact) mass is 484 g/mol. The van der Waals surface area contributed by atoms with Gasteiger partial charge in [0.05, 0.1) is 6.04 Å². The smallest absolute Gasteiger partial charge is 0.0712 e. The van der Waals surface area contributed by atoms with Gasteiger partial charge in [0.15, 0.2) is 0 Å². The number of para-hydroxylation sites is 2. The number of benzene rings is 3. The standard InChI is InChI=1S/C22H23N.C13H13N/c1-5-9-18(14-16(3)6-2)23-21-11-8-7-10-19(21)20-15-17(4)12-13-22(20)23;1-3-7-10-11-8-5-6-9-13(11)14-12(10)4-2/h5-15,18H,2H2,1,3-4H3;3-9,14H,2H2,1H3/b9-5?,16-14-;7-3-. The van der Waals surface area contributed by atoms with E-state index in [1.807, 2.05) is 31.2 Å². The molecule has 2 nitrogen and oxygen atoms in total. The number of hydrogen-bond acceptors (Lipinski definition) is 0. The number of aromatic nitrogens is 2. The van der Waals surface area contributed by atoms with E-state index in [4.69, 9.17) is 0 Å². The molecule has 3 aromatic carbocycles. The Hall–Kier alpha value is -4.30. The molecule has 0 aliphatic carbocycles. The molecule has 0 fully saturated rings. The number of nitrogens with zero attached hydrogens (tertiary/aromatic N) is 1. The number of nitrogens with one attached hydrogen (secondary N) is 1. The van der Waals surface area contributed by atoms with Gasteiger partial charge in [-0.1, -0.05) is 103 Å². The number of hydrogen-bond donors (Lipinski definition) is 1. The van der Waals surface area contributed by atoms with Gasteiger partial charge in [0.2, 0.25) is 0 Å². The van der Waals surface area contributed by atoms with Crippen LogP contribution in [0.25, 0.3) is 44.9 Å². The average Bonchev–Trinajstić information content (AvgIpc) is 3.44. The first-order valence-electron chi connectivity index (χ1n) is 12.8. The number of H-pyrrole nitrogens is 1. The molecule has 5 aromatic rings. The molecule has 0 radical (unpaired) electrons. The molecule has 0 aliphatic heterocycles. The molecule has 0 spiro atoms. The second kappa shape index (κ2) is 11.6. The zero-order valence-electron chi connectivity index (χ0n) is 22.3. The van der Waals surface area contributed by atoms with E-state index in [-0.39, 0.29) is 6.04 Å². The van der Waals surface area contributed by atoms with Gasteiger partial charge in [-0.3, -0.25) is 0 Å². The van der Waals surface area contributed by atoms with E-state index >= 15 is 0 Å². The molecule has 2 aromatic heterocycles. The van der Waals surface area contributed by atoms with Crippen LogP contribution in [-0.2, 0) is 0 Å². The van der Waals surface area contributed by atoms with Crippen LogP contribution in [0, 0.1) is 6.92 Å². The minimum atomic E-state index is 0.183. The van der Waals surface area contributed by atoms with E-state index in [1.165, 1.54) is 43.9 Å². The lowest BCUT2D eigenvalue weighted by molar-refractivity contribution is 0.776. The maximum atomic E-state index is 3.89. The van der Waals surface area contributed by atoms with Gasteiger partial charge in [-0.2, -0.15) is 0 Å². The molecular weight excluding hydrogens is 448 g/mol. The quantitative estimate of drug-likeness (QED) is 0.183. The molecule has 2 heteroatoms. The Balaban J connectivity index is 0.000000195. The van der Waals surface area contributed by atoms with Crippen molar-refractivity contribution in [2.45, 2.75) is 33.7 Å². The van der Waals surface area contributed by atoms with Gasteiger partial charge in [0.25, 0.3) is 0 Å². The molecule has 1 atom stereocenters. The van der Waals surface area contributed by atoms with Gasteiger partial charge in [-0.15, -0.1) is 0 Å². The molecule has 1 N–H and O–H groups in total. The van der Waals surface area contributed by atoms with Gasteiger partial charge >= 0.3 is 0 Å². The fourth-order valence-electron chi connectivity index (χ4n) is 4.88. The third-order valence-corrected chi connectivity index (χ3v) is 6.62. The summed E-state index contributed by atoms with van der Waals surface area (Å²) in [7, 11) is 0. The van der Waals surface area contributed by atoms with Crippen LogP contribution in [0.15, 0.2) is 116 Å². The van der Waals surface area contributed by atoms with Crippen LogP contribution >= 0.6 is 0 Å². The second-order valence-electron chi connectivity index (χ2n) is 9.24. The van der Waals surface area contributed by atoms with Gasteiger partial charge in [-0.05, 0) is 58.0 Å². The lowest BCUT2D eigenvalue weighted by Gasteiger charge is -2.15. The molecule has 2 heterocycles. The highest BCUT2D eigenvalue weighted by atomic mass is 15.0. The minimum absolute atomic E-state index is 0.183. The number of aromatic amines is 1. The lowest BCUT2D eigenvalue weighted by Crippen LogP contribution is -2.04. The SMILES string of the molecule is C=C/C(C)=C\C(C=CC)n1c2ccccc2c2cc(C)ccc21.C=Cc1[nH]c2ccccc2c1/C=C\C. The fraction of sp³-hybridized carbons (Fsp3) is 0.143. The van der Waals surface area contributed by atoms with Crippen molar-refractivity contribution in [3.63, 3.8) is 0 Å². The highest BCUT2D eigenvalue weighted by Gasteiger charge is 2.15. The van der Waals surface area contributed by atoms with Crippen molar-refractivity contribution in [1.82, 2.24) is 9.55 Å². The molecular formula is C35H36N2. The van der Waals surface area contributed by atoms with Crippen LogP contribution in [0.4, 0.5) is 0 Å². The van der Waals surface area contributed by atoms with Gasteiger partial charge in [0.1, 0.15) is 0 Å². The molecule has 37 heavy (non-hydrogen) atoms. The Labute approximate surface area is 220 Å². The number of aryl methyl sites for hydroxylation is 1. The normalized spacial score (nSPS) is 12.9. The van der Waals surface area contributed by atoms with Crippen molar-refractivity contribution in [2.24, 2.45) is 0 Å². The first-order chi connectivity index (χ1) is 18.0. The zero-order valence-corrected chi connectivity index (χ0v) is 22.3. The van der Waals surface area contributed by atoms with Crippen LogP contribution < -0.4 is 0 Å². The summed E-state index contributed by atoms with van der Waals surface area (Å²) in [5.74, 6) is 0. The summed E-state index contributed by atoms with van der Waals surface area (Å²) in [4.78, 5) is 3.33. The molecule has 5 rings (SSSR count). The molecule has 0 saturated heterocycles. The van der Waals surface area contributed by atoms with E-state index in [2.05, 4.69) is 128 Å². The predicted octanol–water partition coefficient (Wildman–Crippen LogP) is 10.2. The van der Waals surface area contributed by atoms with Crippen molar-refractivity contribution in [2.75, 3.05) is 0 Å². The largest absolute Gasteiger partial charge is 0.355 e. The summed E-state index contributed by atoms with van der Waals surface area (Å²) < 4.78 is 2.41. The highest BCUT2D eigenvalue weighted by Crippen LogP contribution is 2.33. The van der Waals surface area contributed by atoms with E-state index < -0.39 is 0 Å². The second-order valence-corrected chi connectivity index (χ2v) is 9.24. The summed E-state index contributed by atoms with van der Waals surface area (Å²) in [6, 6.07) is 23.8. The van der Waals surface area contributed by atoms with Gasteiger partial charge in [0, 0.05) is 44.0 Å². The summed E-state index contributed by atoms with van der Waals surface area (Å²) in [5, 5.41) is 3.88. The van der Waals surface area contributed by atoms with E-state index in [1.54, 1.807) is 0 Å². The van der Waals surface area contributed by atoms with Crippen molar-refractivity contribution in [3.05, 3.63) is 133 Å². The van der Waals surface area contributed by atoms with Crippen LogP contribution in [0.5, 0.6) is 0 Å². The Morgan fingerprint density at radius 3 is 2.27 bits per heavy atom. The molecule has 0 saturated carbocycles. The number of allylic oxidation sites excluding steroid dienone is 6. The van der Waals surface area contributed by atoms with Crippen molar-refractivity contribution < 1.29 is 0 Å². The molecule has 0 bridgehead atoms. The Bertz CT molecular complexity index is 1650. The summed E-state index contributed by atoms with van der Waals surface area (Å²) in [5.41, 5.74) is 8.49. The van der Waals surface area contributed by atoms with Crippen molar-refractivity contribution in [1.29, 1.82) is 0 Å². The van der Waals surface area contributed by atoms with Crippen LogP contribution in [0.3, 0.4) is 0 Å². The third kappa shape index (κ3) is 5.29. The van der Waals surface area contributed by atoms with Crippen molar-refractivity contribution >= 4 is 44.9 Å². The van der Waals surface area contributed by atoms with Crippen LogP contribution in [0.1, 0.15) is 43.6 Å². The first-order valence-corrected chi connectivity index (χ1v) is 12.8. The van der Waals surface area contributed by atoms with Crippen LogP contribution in [-0.4, -0.2) is 9.55 Å². The molecule has 0 amide bonds. The molecule has 186 valence electrons. The molecule has 0 aliphatic rings. The number of fused-ring (bicyclic) bond motifs is 4. The third-order valence-electron chi connectivity index (χ3n) is 6.62. The van der Waals surface area contributed by atoms with Crippen LogP contribution in [0.2, 0.25) is 0 Å². The highest BCUT2D eigenvalue weighted by molar-refractivity contribution is 6.08. The average molecular weight is 485 g/mol. The van der Waals surface area contributed by atoms with Gasteiger partial charge in [-0.25, -0.2) is 0 Å². The topological polar surface area (TPSA) is 20.7 Å². The fourth-order valence-corrected chi connectivity index (χ4v) is 4.88. The number of rotatable bonds is 6. The summed E-state index contributed by atoms with van der Waals surface area (Å²) >= 11 is 0. The zero-order chi connectivity index (χ0) is 26.4. The summed E-state index contributed by atoms with van der Waals surface area (Å²) in [6.07, 6.45) is 14.5. The Morgan fingerprint density at radius 2 is 1.57 bits per heavy atom. The van der Waals surface area contributed by atoms with E-state index in [0.29, 0.717) is 0 Å². The van der Waals surface area contributed by atoms with E-state index in [9.17, 15) is 0 Å². The maximum absolute atomic E-state index is 3.89. The predicted molar refractivity (Wildman–Crippen MR) is 165 cm³/mol. The maximum Gasteiger partial charge on any atom is 0.0712 e. The molecule has 1 unspecified atom stereocenters. The Kier molecular flexibility index (Phi) is 8.10. The van der Waals surface area contributed by atoms with Gasteiger partial charge < -0.3 is 9.55 Å². The Morgan fingerprint density at radius 1 is 0.865 bits per heavy atom. The summed E-state index contributed by atoms with van der Waals surface area (Å²) in [6.45, 7) is 16.0. The van der Waals surface area contributed by atoms with E-state index in [0.717, 1.165) is 11.2 Å². The first kappa shape index (κ1) is 25.8.